The van der Waals surface area contributed by atoms with Gasteiger partial charge >= 0.3 is 0 Å². The number of methoxy groups -OCH3 is 1. The molecule has 0 aliphatic heterocycles. The van der Waals surface area contributed by atoms with E-state index in [2.05, 4.69) is 5.32 Å². The molecule has 0 saturated heterocycles. The number of ether oxygens (including phenoxy) is 2. The van der Waals surface area contributed by atoms with E-state index in [4.69, 9.17) is 14.7 Å². The predicted octanol–water partition coefficient (Wildman–Crippen LogP) is 1.55. The first-order valence-electron chi connectivity index (χ1n) is 5.63. The minimum Gasteiger partial charge on any atom is -0.385 e. The van der Waals surface area contributed by atoms with Gasteiger partial charge in [-0.05, 0) is 18.6 Å². The van der Waals surface area contributed by atoms with Gasteiger partial charge in [-0.1, -0.05) is 12.1 Å². The molecule has 1 aromatic carbocycles. The van der Waals surface area contributed by atoms with Crippen molar-refractivity contribution in [1.29, 1.82) is 5.26 Å². The van der Waals surface area contributed by atoms with Gasteiger partial charge in [-0.3, -0.25) is 4.79 Å². The van der Waals surface area contributed by atoms with E-state index in [0.29, 0.717) is 24.5 Å². The normalized spacial score (nSPS) is 9.78. The van der Waals surface area contributed by atoms with Crippen LogP contribution < -0.4 is 5.32 Å². The number of nitrogens with one attached hydrogen (secondary N) is 1. The third-order valence-corrected chi connectivity index (χ3v) is 2.19. The first-order chi connectivity index (χ1) is 8.77. The van der Waals surface area contributed by atoms with Crippen molar-refractivity contribution < 1.29 is 14.3 Å². The lowest BCUT2D eigenvalue weighted by Gasteiger charge is -2.07. The lowest BCUT2D eigenvalue weighted by atomic mass is 10.2. The molecule has 0 unspecified atom stereocenters. The minimum absolute atomic E-state index is 0.0243. The zero-order valence-electron chi connectivity index (χ0n) is 10.3. The number of nitriles is 1. The molecule has 96 valence electrons. The maximum atomic E-state index is 11.5. The van der Waals surface area contributed by atoms with Crippen molar-refractivity contribution in [2.24, 2.45) is 0 Å². The molecular weight excluding hydrogens is 232 g/mol. The third kappa shape index (κ3) is 4.95. The fraction of sp³-hybridized carbons (Fsp3) is 0.385. The molecule has 0 heterocycles. The molecule has 0 bridgehead atoms. The van der Waals surface area contributed by atoms with Crippen LogP contribution in [0.4, 0.5) is 5.69 Å². The molecule has 0 aromatic heterocycles. The average Bonchev–Trinajstić information content (AvgIpc) is 2.39. The highest BCUT2D eigenvalue weighted by molar-refractivity contribution is 5.92. The number of carbonyl (C=O) groups excluding carboxylic acids is 1. The number of carbonyl (C=O) groups is 1. The molecule has 0 fully saturated rings. The summed E-state index contributed by atoms with van der Waals surface area (Å²) in [7, 11) is 1.62. The molecule has 0 atom stereocenters. The summed E-state index contributed by atoms with van der Waals surface area (Å²) in [6, 6.07) is 8.85. The Bertz CT molecular complexity index is 426. The Morgan fingerprint density at radius 1 is 1.39 bits per heavy atom. The van der Waals surface area contributed by atoms with Gasteiger partial charge < -0.3 is 14.8 Å². The second-order valence-corrected chi connectivity index (χ2v) is 3.60. The highest BCUT2D eigenvalue weighted by Gasteiger charge is 2.05. The maximum Gasteiger partial charge on any atom is 0.250 e. The van der Waals surface area contributed by atoms with Crippen molar-refractivity contribution >= 4 is 11.6 Å². The number of anilines is 1. The Hall–Kier alpha value is -1.90. The molecule has 1 aromatic rings. The summed E-state index contributed by atoms with van der Waals surface area (Å²) in [6.07, 6.45) is 0.749. The zero-order valence-corrected chi connectivity index (χ0v) is 10.3. The molecule has 0 aliphatic carbocycles. The van der Waals surface area contributed by atoms with Crippen LogP contribution in [0, 0.1) is 11.3 Å². The van der Waals surface area contributed by atoms with Crippen LogP contribution in [0.25, 0.3) is 0 Å². The lowest BCUT2D eigenvalue weighted by molar-refractivity contribution is -0.120. The molecule has 5 nitrogen and oxygen atoms in total. The van der Waals surface area contributed by atoms with Crippen molar-refractivity contribution in [3.8, 4) is 6.07 Å². The zero-order chi connectivity index (χ0) is 13.2. The van der Waals surface area contributed by atoms with Gasteiger partial charge in [0, 0.05) is 20.3 Å². The van der Waals surface area contributed by atoms with Gasteiger partial charge in [-0.15, -0.1) is 0 Å². The van der Waals surface area contributed by atoms with E-state index >= 15 is 0 Å². The molecule has 1 N–H and O–H groups in total. The number of nitrogens with zero attached hydrogens (tertiary/aromatic N) is 1. The summed E-state index contributed by atoms with van der Waals surface area (Å²) in [5, 5.41) is 11.5. The second-order valence-electron chi connectivity index (χ2n) is 3.60. The minimum atomic E-state index is -0.268. The summed E-state index contributed by atoms with van der Waals surface area (Å²) in [4.78, 5) is 11.5. The number of hydrogen-bond acceptors (Lipinski definition) is 4. The standard InChI is InChI=1S/C13H16N2O3/c1-17-7-4-8-18-10-13(16)15-12-6-3-2-5-11(12)9-14/h2-3,5-6H,4,7-8,10H2,1H3,(H,15,16). The highest BCUT2D eigenvalue weighted by atomic mass is 16.5. The molecule has 0 spiro atoms. The Labute approximate surface area is 106 Å². The summed E-state index contributed by atoms with van der Waals surface area (Å²) in [5.74, 6) is -0.268. The fourth-order valence-electron chi connectivity index (χ4n) is 1.35. The predicted molar refractivity (Wildman–Crippen MR) is 67.1 cm³/mol. The van der Waals surface area contributed by atoms with Crippen molar-refractivity contribution in [2.45, 2.75) is 6.42 Å². The summed E-state index contributed by atoms with van der Waals surface area (Å²) >= 11 is 0. The van der Waals surface area contributed by atoms with Gasteiger partial charge in [-0.25, -0.2) is 0 Å². The van der Waals surface area contributed by atoms with Crippen LogP contribution >= 0.6 is 0 Å². The summed E-state index contributed by atoms with van der Waals surface area (Å²) in [6.45, 7) is 1.06. The molecule has 0 saturated carbocycles. The van der Waals surface area contributed by atoms with Crippen molar-refractivity contribution in [1.82, 2.24) is 0 Å². The SMILES string of the molecule is COCCCOCC(=O)Nc1ccccc1C#N. The fourth-order valence-corrected chi connectivity index (χ4v) is 1.35. The van der Waals surface area contributed by atoms with Gasteiger partial charge in [0.25, 0.3) is 0 Å². The Balaban J connectivity index is 2.34. The molecular formula is C13H16N2O3. The number of hydrogen-bond donors (Lipinski definition) is 1. The van der Waals surface area contributed by atoms with Crippen LogP contribution in [0.15, 0.2) is 24.3 Å². The van der Waals surface area contributed by atoms with E-state index in [1.54, 1.807) is 31.4 Å². The van der Waals surface area contributed by atoms with Crippen LogP contribution in [0.2, 0.25) is 0 Å². The van der Waals surface area contributed by atoms with Crippen molar-refractivity contribution in [3.05, 3.63) is 29.8 Å². The van der Waals surface area contributed by atoms with Crippen molar-refractivity contribution in [2.75, 3.05) is 32.2 Å². The van der Waals surface area contributed by atoms with Crippen molar-refractivity contribution in [3.63, 3.8) is 0 Å². The Kier molecular flexibility index (Phi) is 6.47. The van der Waals surface area contributed by atoms with E-state index in [0.717, 1.165) is 6.42 Å². The number of rotatable bonds is 7. The number of benzene rings is 1. The van der Waals surface area contributed by atoms with Gasteiger partial charge in [0.15, 0.2) is 0 Å². The van der Waals surface area contributed by atoms with E-state index in [-0.39, 0.29) is 12.5 Å². The van der Waals surface area contributed by atoms with E-state index in [1.807, 2.05) is 6.07 Å². The Morgan fingerprint density at radius 3 is 2.89 bits per heavy atom. The molecule has 18 heavy (non-hydrogen) atoms. The van der Waals surface area contributed by atoms with Gasteiger partial charge in [0.05, 0.1) is 11.3 Å². The first-order valence-corrected chi connectivity index (χ1v) is 5.63. The smallest absolute Gasteiger partial charge is 0.250 e. The second kappa shape index (κ2) is 8.23. The first kappa shape index (κ1) is 14.2. The summed E-state index contributed by atoms with van der Waals surface area (Å²) in [5.41, 5.74) is 0.940. The Morgan fingerprint density at radius 2 is 2.17 bits per heavy atom. The van der Waals surface area contributed by atoms with Gasteiger partial charge in [0.1, 0.15) is 12.7 Å². The van der Waals surface area contributed by atoms with Crippen LogP contribution in [0.3, 0.4) is 0 Å². The molecule has 5 heteroatoms. The molecule has 0 aliphatic rings. The van der Waals surface area contributed by atoms with E-state index < -0.39 is 0 Å². The van der Waals surface area contributed by atoms with Crippen LogP contribution in [0.1, 0.15) is 12.0 Å². The van der Waals surface area contributed by atoms with Crippen LogP contribution in [-0.4, -0.2) is 32.8 Å². The number of amides is 1. The average molecular weight is 248 g/mol. The van der Waals surface area contributed by atoms with E-state index in [9.17, 15) is 4.79 Å². The van der Waals surface area contributed by atoms with E-state index in [1.165, 1.54) is 0 Å². The highest BCUT2D eigenvalue weighted by Crippen LogP contribution is 2.13. The molecule has 1 amide bonds. The lowest BCUT2D eigenvalue weighted by Crippen LogP contribution is -2.19. The molecule has 1 rings (SSSR count). The van der Waals surface area contributed by atoms with Gasteiger partial charge in [-0.2, -0.15) is 5.26 Å². The maximum absolute atomic E-state index is 11.5. The number of para-hydroxylation sites is 1. The third-order valence-electron chi connectivity index (χ3n) is 2.19. The largest absolute Gasteiger partial charge is 0.385 e. The van der Waals surface area contributed by atoms with Crippen LogP contribution in [0.5, 0.6) is 0 Å². The molecule has 0 radical (unpaired) electrons. The topological polar surface area (TPSA) is 71.3 Å². The summed E-state index contributed by atoms with van der Waals surface area (Å²) < 4.78 is 10.0. The van der Waals surface area contributed by atoms with Gasteiger partial charge in [0.2, 0.25) is 5.91 Å². The van der Waals surface area contributed by atoms with Crippen LogP contribution in [-0.2, 0) is 14.3 Å². The monoisotopic (exact) mass is 248 g/mol. The quantitative estimate of drug-likeness (QED) is 0.743.